The first-order valence-corrected chi connectivity index (χ1v) is 11.8. The van der Waals surface area contributed by atoms with Crippen LogP contribution in [-0.2, 0) is 11.3 Å². The number of carbonyl (C=O) groups is 1. The van der Waals surface area contributed by atoms with Crippen LogP contribution in [0.5, 0.6) is 0 Å². The number of rotatable bonds is 11. The fraction of sp³-hybridized carbons (Fsp3) is 0.522. The molecule has 1 aromatic carbocycles. The number of carboxylic acids is 1. The lowest BCUT2D eigenvalue weighted by Crippen LogP contribution is -2.37. The van der Waals surface area contributed by atoms with Crippen LogP contribution in [-0.4, -0.2) is 40.8 Å². The summed E-state index contributed by atoms with van der Waals surface area (Å²) in [5, 5.41) is 19.4. The Balaban J connectivity index is 1.55. The summed E-state index contributed by atoms with van der Waals surface area (Å²) in [4.78, 5) is 14.5. The number of alkyl halides is 1. The SMILES string of the molecule is CCCCCC(O)c1ccc(N2CCC(Cl)[C@@H]2COCc2ccc(C(=O)O)s2)cc1. The molecule has 2 heterocycles. The molecule has 5 nitrogen and oxygen atoms in total. The monoisotopic (exact) mass is 451 g/mol. The molecule has 0 spiro atoms. The Labute approximate surface area is 187 Å². The highest BCUT2D eigenvalue weighted by Crippen LogP contribution is 2.31. The van der Waals surface area contributed by atoms with E-state index >= 15 is 0 Å². The van der Waals surface area contributed by atoms with Gasteiger partial charge in [-0.05, 0) is 42.7 Å². The van der Waals surface area contributed by atoms with Crippen LogP contribution in [0.3, 0.4) is 0 Å². The summed E-state index contributed by atoms with van der Waals surface area (Å²) in [6, 6.07) is 11.6. The predicted octanol–water partition coefficient (Wildman–Crippen LogP) is 5.46. The van der Waals surface area contributed by atoms with Crippen LogP contribution in [0.2, 0.25) is 0 Å². The number of aromatic carboxylic acids is 1. The van der Waals surface area contributed by atoms with Gasteiger partial charge >= 0.3 is 5.97 Å². The number of thiophene rings is 1. The predicted molar refractivity (Wildman–Crippen MR) is 122 cm³/mol. The van der Waals surface area contributed by atoms with Crippen molar-refractivity contribution in [1.29, 1.82) is 0 Å². The largest absolute Gasteiger partial charge is 0.477 e. The number of hydrogen-bond donors (Lipinski definition) is 2. The minimum atomic E-state index is -0.909. The van der Waals surface area contributed by atoms with E-state index in [9.17, 15) is 9.90 Å². The number of aliphatic hydroxyl groups is 1. The zero-order valence-electron chi connectivity index (χ0n) is 17.3. The van der Waals surface area contributed by atoms with Gasteiger partial charge < -0.3 is 19.8 Å². The van der Waals surface area contributed by atoms with Gasteiger partial charge in [0.25, 0.3) is 0 Å². The van der Waals surface area contributed by atoms with E-state index < -0.39 is 12.1 Å². The average Bonchev–Trinajstić information content (AvgIpc) is 3.36. The zero-order valence-corrected chi connectivity index (χ0v) is 18.9. The van der Waals surface area contributed by atoms with E-state index in [-0.39, 0.29) is 11.4 Å². The molecule has 2 unspecified atom stereocenters. The number of benzene rings is 1. The van der Waals surface area contributed by atoms with Gasteiger partial charge in [0.1, 0.15) is 4.88 Å². The van der Waals surface area contributed by atoms with Gasteiger partial charge in [-0.15, -0.1) is 22.9 Å². The summed E-state index contributed by atoms with van der Waals surface area (Å²) >= 11 is 7.80. The van der Waals surface area contributed by atoms with E-state index in [0.717, 1.165) is 54.8 Å². The van der Waals surface area contributed by atoms with Crippen LogP contribution >= 0.6 is 22.9 Å². The lowest BCUT2D eigenvalue weighted by molar-refractivity contribution is 0.0702. The second kappa shape index (κ2) is 11.1. The molecule has 1 saturated heterocycles. The quantitative estimate of drug-likeness (QED) is 0.350. The molecule has 3 atom stereocenters. The number of aliphatic hydroxyl groups excluding tert-OH is 1. The lowest BCUT2D eigenvalue weighted by Gasteiger charge is -2.28. The molecule has 1 aliphatic rings. The van der Waals surface area contributed by atoms with Crippen molar-refractivity contribution in [3.8, 4) is 0 Å². The van der Waals surface area contributed by atoms with Gasteiger partial charge in [0.05, 0.1) is 30.7 Å². The minimum absolute atomic E-state index is 0.00206. The average molecular weight is 452 g/mol. The van der Waals surface area contributed by atoms with Crippen molar-refractivity contribution in [2.75, 3.05) is 18.1 Å². The summed E-state index contributed by atoms with van der Waals surface area (Å²) in [5.41, 5.74) is 2.04. The highest BCUT2D eigenvalue weighted by molar-refractivity contribution is 7.13. The van der Waals surface area contributed by atoms with Gasteiger partial charge in [0, 0.05) is 17.1 Å². The Morgan fingerprint density at radius 2 is 2.03 bits per heavy atom. The van der Waals surface area contributed by atoms with Gasteiger partial charge in [-0.1, -0.05) is 38.3 Å². The lowest BCUT2D eigenvalue weighted by atomic mass is 10.0. The van der Waals surface area contributed by atoms with Gasteiger partial charge in [0.15, 0.2) is 0 Å². The van der Waals surface area contributed by atoms with E-state index in [1.54, 1.807) is 12.1 Å². The van der Waals surface area contributed by atoms with Gasteiger partial charge in [0.2, 0.25) is 0 Å². The summed E-state index contributed by atoms with van der Waals surface area (Å²) in [6.07, 6.45) is 4.60. The number of hydrogen-bond acceptors (Lipinski definition) is 5. The number of carboxylic acid groups (broad SMARTS) is 1. The van der Waals surface area contributed by atoms with Crippen molar-refractivity contribution in [2.24, 2.45) is 0 Å². The third-order valence-electron chi connectivity index (χ3n) is 5.56. The van der Waals surface area contributed by atoms with E-state index in [1.165, 1.54) is 11.3 Å². The van der Waals surface area contributed by atoms with E-state index in [1.807, 2.05) is 12.1 Å². The van der Waals surface area contributed by atoms with Gasteiger partial charge in [-0.2, -0.15) is 0 Å². The first-order chi connectivity index (χ1) is 14.5. The second-order valence-electron chi connectivity index (χ2n) is 7.75. The Bertz CT molecular complexity index is 810. The van der Waals surface area contributed by atoms with Crippen LogP contribution in [0, 0.1) is 0 Å². The van der Waals surface area contributed by atoms with Crippen LogP contribution in [0.4, 0.5) is 5.69 Å². The number of anilines is 1. The summed E-state index contributed by atoms with van der Waals surface area (Å²) in [5.74, 6) is -0.909. The van der Waals surface area contributed by atoms with E-state index in [2.05, 4.69) is 24.0 Å². The van der Waals surface area contributed by atoms with E-state index in [0.29, 0.717) is 18.1 Å². The molecule has 164 valence electrons. The van der Waals surface area contributed by atoms with Crippen molar-refractivity contribution < 1.29 is 19.7 Å². The van der Waals surface area contributed by atoms with Crippen LogP contribution in [0.25, 0.3) is 0 Å². The smallest absolute Gasteiger partial charge is 0.345 e. The highest BCUT2D eigenvalue weighted by Gasteiger charge is 2.33. The molecule has 1 aromatic heterocycles. The van der Waals surface area contributed by atoms with Gasteiger partial charge in [-0.3, -0.25) is 0 Å². The maximum absolute atomic E-state index is 11.0. The van der Waals surface area contributed by atoms with Crippen LogP contribution in [0.1, 0.15) is 65.2 Å². The molecular formula is C23H30ClNO4S. The normalized spacial score (nSPS) is 19.9. The van der Waals surface area contributed by atoms with E-state index in [4.69, 9.17) is 21.4 Å². The Hall–Kier alpha value is -1.60. The Morgan fingerprint density at radius 1 is 1.27 bits per heavy atom. The Morgan fingerprint density at radius 3 is 2.70 bits per heavy atom. The molecule has 0 amide bonds. The van der Waals surface area contributed by atoms with Crippen molar-refractivity contribution in [1.82, 2.24) is 0 Å². The van der Waals surface area contributed by atoms with Crippen molar-refractivity contribution >= 4 is 34.6 Å². The molecule has 1 fully saturated rings. The van der Waals surface area contributed by atoms with Crippen molar-refractivity contribution in [3.63, 3.8) is 0 Å². The van der Waals surface area contributed by atoms with Gasteiger partial charge in [-0.25, -0.2) is 4.79 Å². The topological polar surface area (TPSA) is 70.0 Å². The first kappa shape index (κ1) is 23.1. The number of ether oxygens (including phenoxy) is 1. The molecule has 0 radical (unpaired) electrons. The standard InChI is InChI=1S/C23H30ClNO4S/c1-2-3-4-5-21(26)16-6-8-17(9-7-16)25-13-12-19(24)20(25)15-29-14-18-10-11-22(30-18)23(27)28/h6-11,19-21,26H,2-5,12-15H2,1H3,(H,27,28)/t19?,20-,21?/m0/s1. The molecular weight excluding hydrogens is 422 g/mol. The van der Waals surface area contributed by atoms with Crippen molar-refractivity contribution in [3.05, 3.63) is 51.7 Å². The van der Waals surface area contributed by atoms with Crippen LogP contribution < -0.4 is 4.90 Å². The summed E-state index contributed by atoms with van der Waals surface area (Å²) < 4.78 is 5.89. The Kier molecular flexibility index (Phi) is 8.57. The van der Waals surface area contributed by atoms with Crippen molar-refractivity contribution in [2.45, 2.75) is 63.2 Å². The molecule has 3 rings (SSSR count). The number of unbranched alkanes of at least 4 members (excludes halogenated alkanes) is 2. The molecule has 0 saturated carbocycles. The third kappa shape index (κ3) is 5.97. The fourth-order valence-corrected chi connectivity index (χ4v) is 4.91. The maximum atomic E-state index is 11.0. The number of halogens is 1. The first-order valence-electron chi connectivity index (χ1n) is 10.6. The maximum Gasteiger partial charge on any atom is 0.345 e. The zero-order chi connectivity index (χ0) is 21.5. The number of nitrogens with zero attached hydrogens (tertiary/aromatic N) is 1. The third-order valence-corrected chi connectivity index (χ3v) is 7.12. The molecule has 0 bridgehead atoms. The second-order valence-corrected chi connectivity index (χ2v) is 9.48. The molecule has 2 aromatic rings. The fourth-order valence-electron chi connectivity index (χ4n) is 3.82. The molecule has 0 aliphatic carbocycles. The molecule has 1 aliphatic heterocycles. The summed E-state index contributed by atoms with van der Waals surface area (Å²) in [6.45, 7) is 3.89. The van der Waals surface area contributed by atoms with Crippen LogP contribution in [0.15, 0.2) is 36.4 Å². The summed E-state index contributed by atoms with van der Waals surface area (Å²) in [7, 11) is 0. The molecule has 7 heteroatoms. The highest BCUT2D eigenvalue weighted by atomic mass is 35.5. The minimum Gasteiger partial charge on any atom is -0.477 e. The molecule has 2 N–H and O–H groups in total. The molecule has 30 heavy (non-hydrogen) atoms.